The maximum Gasteiger partial charge on any atom is 0.193 e. The molecule has 2 aromatic rings. The second-order valence-corrected chi connectivity index (χ2v) is 7.03. The van der Waals surface area contributed by atoms with Crippen LogP contribution in [-0.2, 0) is 19.0 Å². The largest absolute Gasteiger partial charge is 0.496 e. The minimum atomic E-state index is 0. The fraction of sp³-hybridized carbons (Fsp3) is 0.450. The fourth-order valence-electron chi connectivity index (χ4n) is 3.47. The van der Waals surface area contributed by atoms with Crippen LogP contribution in [0.2, 0.25) is 0 Å². The van der Waals surface area contributed by atoms with Crippen molar-refractivity contribution in [1.82, 2.24) is 14.8 Å². The molecule has 26 heavy (non-hydrogen) atoms. The quantitative estimate of drug-likeness (QED) is 0.416. The Balaban J connectivity index is 0.00000243. The highest BCUT2D eigenvalue weighted by Crippen LogP contribution is 2.51. The van der Waals surface area contributed by atoms with Crippen LogP contribution < -0.4 is 10.1 Å². The lowest BCUT2D eigenvalue weighted by molar-refractivity contribution is 0.404. The van der Waals surface area contributed by atoms with Crippen molar-refractivity contribution >= 4 is 29.9 Å². The third-order valence-corrected chi connectivity index (χ3v) is 5.29. The Morgan fingerprint density at radius 3 is 2.69 bits per heavy atom. The summed E-state index contributed by atoms with van der Waals surface area (Å²) in [7, 11) is 7.72. The first kappa shape index (κ1) is 20.6. The SMILES string of the molecule is CN=C(NC1CC1(C)c1ccccc1OC)N(C)Cc1cccn1C.I. The van der Waals surface area contributed by atoms with Gasteiger partial charge in [-0.2, -0.15) is 0 Å². The van der Waals surface area contributed by atoms with E-state index in [0.717, 1.165) is 24.7 Å². The summed E-state index contributed by atoms with van der Waals surface area (Å²) in [4.78, 5) is 6.63. The number of nitrogens with zero attached hydrogens (tertiary/aromatic N) is 3. The lowest BCUT2D eigenvalue weighted by Crippen LogP contribution is -2.41. The summed E-state index contributed by atoms with van der Waals surface area (Å²) >= 11 is 0. The molecule has 5 nitrogen and oxygen atoms in total. The number of hydrogen-bond donors (Lipinski definition) is 1. The average molecular weight is 468 g/mol. The molecule has 0 spiro atoms. The van der Waals surface area contributed by atoms with Gasteiger partial charge >= 0.3 is 0 Å². The van der Waals surface area contributed by atoms with Crippen molar-refractivity contribution in [2.75, 3.05) is 21.2 Å². The third kappa shape index (κ3) is 4.00. The van der Waals surface area contributed by atoms with E-state index < -0.39 is 0 Å². The first-order valence-electron chi connectivity index (χ1n) is 8.67. The van der Waals surface area contributed by atoms with Crippen molar-refractivity contribution in [3.8, 4) is 5.75 Å². The number of rotatable bonds is 5. The molecule has 0 bridgehead atoms. The summed E-state index contributed by atoms with van der Waals surface area (Å²) in [6.07, 6.45) is 3.14. The van der Waals surface area contributed by atoms with Gasteiger partial charge in [0, 0.05) is 50.1 Å². The highest BCUT2D eigenvalue weighted by Gasteiger charge is 2.53. The van der Waals surface area contributed by atoms with Crippen LogP contribution in [0.5, 0.6) is 5.75 Å². The summed E-state index contributed by atoms with van der Waals surface area (Å²) < 4.78 is 7.69. The smallest absolute Gasteiger partial charge is 0.193 e. The van der Waals surface area contributed by atoms with Gasteiger partial charge in [0.1, 0.15) is 5.75 Å². The summed E-state index contributed by atoms with van der Waals surface area (Å²) in [5, 5.41) is 3.62. The predicted molar refractivity (Wildman–Crippen MR) is 118 cm³/mol. The van der Waals surface area contributed by atoms with Gasteiger partial charge in [-0.15, -0.1) is 24.0 Å². The molecule has 6 heteroatoms. The van der Waals surface area contributed by atoms with E-state index in [0.29, 0.717) is 6.04 Å². The topological polar surface area (TPSA) is 41.8 Å². The molecule has 2 unspecified atom stereocenters. The van der Waals surface area contributed by atoms with Crippen LogP contribution in [0.3, 0.4) is 0 Å². The number of methoxy groups -OCH3 is 1. The van der Waals surface area contributed by atoms with E-state index in [1.165, 1.54) is 11.3 Å². The lowest BCUT2D eigenvalue weighted by atomic mass is 9.96. The second-order valence-electron chi connectivity index (χ2n) is 7.03. The number of ether oxygens (including phenoxy) is 1. The normalized spacial score (nSPS) is 21.7. The molecule has 1 aliphatic rings. The zero-order chi connectivity index (χ0) is 18.0. The Bertz CT molecular complexity index is 773. The molecule has 142 valence electrons. The molecule has 1 saturated carbocycles. The number of aryl methyl sites for hydroxylation is 1. The van der Waals surface area contributed by atoms with Crippen LogP contribution in [0.25, 0.3) is 0 Å². The molecule has 0 radical (unpaired) electrons. The van der Waals surface area contributed by atoms with E-state index in [2.05, 4.69) is 71.3 Å². The number of guanidine groups is 1. The summed E-state index contributed by atoms with van der Waals surface area (Å²) in [5.41, 5.74) is 2.60. The van der Waals surface area contributed by atoms with E-state index in [9.17, 15) is 0 Å². The molecule has 1 aromatic heterocycles. The van der Waals surface area contributed by atoms with Crippen molar-refractivity contribution < 1.29 is 4.74 Å². The Morgan fingerprint density at radius 1 is 1.35 bits per heavy atom. The fourth-order valence-corrected chi connectivity index (χ4v) is 3.47. The van der Waals surface area contributed by atoms with Gasteiger partial charge in [0.2, 0.25) is 0 Å². The van der Waals surface area contributed by atoms with Crippen molar-refractivity contribution in [2.24, 2.45) is 12.0 Å². The van der Waals surface area contributed by atoms with Crippen LogP contribution >= 0.6 is 24.0 Å². The summed E-state index contributed by atoms with van der Waals surface area (Å²) in [5.74, 6) is 1.88. The molecular formula is C20H29IN4O. The number of aromatic nitrogens is 1. The first-order valence-corrected chi connectivity index (χ1v) is 8.67. The third-order valence-electron chi connectivity index (χ3n) is 5.29. The molecule has 0 saturated heterocycles. The zero-order valence-corrected chi connectivity index (χ0v) is 18.5. The standard InChI is InChI=1S/C20H28N4O.HI/c1-20(16-10-6-7-11-17(16)25-5)13-18(20)22-19(21-2)24(4)14-15-9-8-12-23(15)3;/h6-12,18H,13-14H2,1-5H3,(H,21,22);1H. The van der Waals surface area contributed by atoms with E-state index in [1.807, 2.05) is 19.2 Å². The minimum Gasteiger partial charge on any atom is -0.496 e. The van der Waals surface area contributed by atoms with E-state index >= 15 is 0 Å². The number of para-hydroxylation sites is 1. The molecule has 3 rings (SSSR count). The maximum absolute atomic E-state index is 5.55. The van der Waals surface area contributed by atoms with Gasteiger partial charge in [-0.25, -0.2) is 0 Å². The van der Waals surface area contributed by atoms with Gasteiger partial charge in [-0.05, 0) is 24.6 Å². The van der Waals surface area contributed by atoms with Crippen LogP contribution in [0.1, 0.15) is 24.6 Å². The van der Waals surface area contributed by atoms with Crippen molar-refractivity contribution in [2.45, 2.75) is 31.3 Å². The average Bonchev–Trinajstić information content (AvgIpc) is 3.11. The van der Waals surface area contributed by atoms with E-state index in [1.54, 1.807) is 7.11 Å². The molecule has 0 amide bonds. The van der Waals surface area contributed by atoms with Gasteiger partial charge in [0.25, 0.3) is 0 Å². The van der Waals surface area contributed by atoms with Crippen molar-refractivity contribution in [3.05, 3.63) is 53.9 Å². The summed E-state index contributed by atoms with van der Waals surface area (Å²) in [6, 6.07) is 12.9. The molecule has 1 aliphatic carbocycles. The minimum absolute atomic E-state index is 0. The van der Waals surface area contributed by atoms with E-state index in [4.69, 9.17) is 4.74 Å². The van der Waals surface area contributed by atoms with Crippen molar-refractivity contribution in [1.29, 1.82) is 0 Å². The Labute approximate surface area is 173 Å². The molecule has 1 N–H and O–H groups in total. The lowest BCUT2D eigenvalue weighted by Gasteiger charge is -2.24. The van der Waals surface area contributed by atoms with Crippen LogP contribution in [0.4, 0.5) is 0 Å². The van der Waals surface area contributed by atoms with Gasteiger partial charge in [-0.1, -0.05) is 25.1 Å². The Kier molecular flexibility index (Phi) is 6.60. The maximum atomic E-state index is 5.55. The van der Waals surface area contributed by atoms with Gasteiger partial charge in [0.15, 0.2) is 5.96 Å². The Hall–Kier alpha value is -1.70. The first-order chi connectivity index (χ1) is 12.0. The molecule has 1 heterocycles. The summed E-state index contributed by atoms with van der Waals surface area (Å²) in [6.45, 7) is 3.11. The molecule has 1 aromatic carbocycles. The Morgan fingerprint density at radius 2 is 2.08 bits per heavy atom. The molecule has 2 atom stereocenters. The highest BCUT2D eigenvalue weighted by atomic mass is 127. The van der Waals surface area contributed by atoms with Gasteiger partial charge < -0.3 is 19.5 Å². The molecule has 1 fully saturated rings. The van der Waals surface area contributed by atoms with Crippen LogP contribution in [0.15, 0.2) is 47.6 Å². The molecule has 0 aliphatic heterocycles. The molecular weight excluding hydrogens is 439 g/mol. The predicted octanol–water partition coefficient (Wildman–Crippen LogP) is 3.39. The number of halogens is 1. The van der Waals surface area contributed by atoms with Crippen molar-refractivity contribution in [3.63, 3.8) is 0 Å². The second kappa shape index (κ2) is 8.33. The van der Waals surface area contributed by atoms with E-state index in [-0.39, 0.29) is 29.4 Å². The monoisotopic (exact) mass is 468 g/mol. The van der Waals surface area contributed by atoms with Gasteiger partial charge in [-0.3, -0.25) is 4.99 Å². The number of aliphatic imine (C=N–C) groups is 1. The number of benzene rings is 1. The van der Waals surface area contributed by atoms with Crippen LogP contribution in [0, 0.1) is 0 Å². The highest BCUT2D eigenvalue weighted by molar-refractivity contribution is 14.0. The zero-order valence-electron chi connectivity index (χ0n) is 16.2. The van der Waals surface area contributed by atoms with Gasteiger partial charge in [0.05, 0.1) is 13.7 Å². The number of nitrogens with one attached hydrogen (secondary N) is 1. The van der Waals surface area contributed by atoms with Crippen LogP contribution in [-0.4, -0.2) is 42.7 Å². The number of hydrogen-bond acceptors (Lipinski definition) is 2.